The van der Waals surface area contributed by atoms with Crippen molar-refractivity contribution in [1.29, 1.82) is 0 Å². The Morgan fingerprint density at radius 2 is 2.00 bits per heavy atom. The van der Waals surface area contributed by atoms with Crippen LogP contribution in [0.1, 0.15) is 32.3 Å². The van der Waals surface area contributed by atoms with E-state index in [-0.39, 0.29) is 17.6 Å². The molecule has 2 saturated heterocycles. The molecule has 0 amide bonds. The fourth-order valence-electron chi connectivity index (χ4n) is 3.57. The van der Waals surface area contributed by atoms with Gasteiger partial charge in [0, 0.05) is 12.3 Å². The Bertz CT molecular complexity index is 447. The van der Waals surface area contributed by atoms with Crippen molar-refractivity contribution in [3.05, 3.63) is 35.9 Å². The number of rotatable bonds is 4. The Hall–Kier alpha value is -0.900. The van der Waals surface area contributed by atoms with E-state index in [0.717, 1.165) is 12.8 Å². The van der Waals surface area contributed by atoms with Gasteiger partial charge >= 0.3 is 0 Å². The van der Waals surface area contributed by atoms with Crippen LogP contribution < -0.4 is 0 Å². The number of hydrogen-bond acceptors (Lipinski definition) is 3. The maximum Gasteiger partial charge on any atom is 0.0971 e. The summed E-state index contributed by atoms with van der Waals surface area (Å²) in [6.45, 7) is 5.39. The van der Waals surface area contributed by atoms with Gasteiger partial charge in [-0.05, 0) is 25.8 Å². The molecular formula is C16H22O3. The lowest BCUT2D eigenvalue weighted by Gasteiger charge is -2.33. The van der Waals surface area contributed by atoms with Gasteiger partial charge in [-0.15, -0.1) is 0 Å². The molecule has 1 N–H and O–H groups in total. The van der Waals surface area contributed by atoms with Crippen molar-refractivity contribution < 1.29 is 14.6 Å². The van der Waals surface area contributed by atoms with Gasteiger partial charge < -0.3 is 14.6 Å². The van der Waals surface area contributed by atoms with Gasteiger partial charge in [-0.1, -0.05) is 30.3 Å². The van der Waals surface area contributed by atoms with Crippen LogP contribution in [0.4, 0.5) is 0 Å². The third-order valence-corrected chi connectivity index (χ3v) is 4.67. The summed E-state index contributed by atoms with van der Waals surface area (Å²) in [5.74, 6) is 0.282. The molecule has 4 atom stereocenters. The SMILES string of the molecule is CC12CC(O)C(C)(O1)C(COCc1ccccc1)C2. The van der Waals surface area contributed by atoms with Crippen LogP contribution in [-0.4, -0.2) is 29.0 Å². The highest BCUT2D eigenvalue weighted by atomic mass is 16.6. The van der Waals surface area contributed by atoms with Crippen LogP contribution >= 0.6 is 0 Å². The predicted octanol–water partition coefficient (Wildman–Crippen LogP) is 2.52. The molecule has 1 aromatic rings. The van der Waals surface area contributed by atoms with Crippen LogP contribution in [0.25, 0.3) is 0 Å². The fourth-order valence-corrected chi connectivity index (χ4v) is 3.57. The minimum absolute atomic E-state index is 0.158. The molecule has 2 fully saturated rings. The molecule has 104 valence electrons. The van der Waals surface area contributed by atoms with E-state index in [1.54, 1.807) is 0 Å². The molecule has 0 spiro atoms. The highest BCUT2D eigenvalue weighted by Crippen LogP contribution is 2.53. The van der Waals surface area contributed by atoms with E-state index in [9.17, 15) is 5.11 Å². The molecule has 19 heavy (non-hydrogen) atoms. The van der Waals surface area contributed by atoms with E-state index in [2.05, 4.69) is 19.1 Å². The third-order valence-electron chi connectivity index (χ3n) is 4.67. The molecule has 3 rings (SSSR count). The number of ether oxygens (including phenoxy) is 2. The first-order valence-corrected chi connectivity index (χ1v) is 7.02. The van der Waals surface area contributed by atoms with E-state index >= 15 is 0 Å². The molecular weight excluding hydrogens is 240 g/mol. The standard InChI is InChI=1S/C16H22O3/c1-15-8-13(16(2,19-15)14(17)9-15)11-18-10-12-6-4-3-5-7-12/h3-7,13-14,17H,8-11H2,1-2H3. The zero-order valence-corrected chi connectivity index (χ0v) is 11.6. The molecule has 4 unspecified atom stereocenters. The summed E-state index contributed by atoms with van der Waals surface area (Å²) in [7, 11) is 0. The van der Waals surface area contributed by atoms with Gasteiger partial charge in [-0.25, -0.2) is 0 Å². The smallest absolute Gasteiger partial charge is 0.0971 e. The molecule has 0 aliphatic carbocycles. The molecule has 2 bridgehead atoms. The Balaban J connectivity index is 1.57. The van der Waals surface area contributed by atoms with Gasteiger partial charge in [-0.2, -0.15) is 0 Å². The average Bonchev–Trinajstić information content (AvgIpc) is 2.75. The second kappa shape index (κ2) is 4.58. The van der Waals surface area contributed by atoms with Crippen molar-refractivity contribution in [3.63, 3.8) is 0 Å². The predicted molar refractivity (Wildman–Crippen MR) is 72.7 cm³/mol. The quantitative estimate of drug-likeness (QED) is 0.906. The largest absolute Gasteiger partial charge is 0.390 e. The molecule has 1 aromatic carbocycles. The molecule has 0 radical (unpaired) electrons. The molecule has 3 nitrogen and oxygen atoms in total. The second-order valence-corrected chi connectivity index (χ2v) is 6.36. The first-order chi connectivity index (χ1) is 9.02. The number of hydrogen-bond donors (Lipinski definition) is 1. The Labute approximate surface area is 114 Å². The van der Waals surface area contributed by atoms with Crippen molar-refractivity contribution in [2.45, 2.75) is 50.6 Å². The normalized spacial score (nSPS) is 40.8. The van der Waals surface area contributed by atoms with Crippen molar-refractivity contribution in [3.8, 4) is 0 Å². The monoisotopic (exact) mass is 262 g/mol. The van der Waals surface area contributed by atoms with Gasteiger partial charge in [0.2, 0.25) is 0 Å². The van der Waals surface area contributed by atoms with Crippen molar-refractivity contribution in [2.75, 3.05) is 6.61 Å². The van der Waals surface area contributed by atoms with Gasteiger partial charge in [0.1, 0.15) is 0 Å². The molecule has 0 aromatic heterocycles. The first-order valence-electron chi connectivity index (χ1n) is 7.02. The molecule has 2 aliphatic heterocycles. The Kier molecular flexibility index (Phi) is 3.16. The summed E-state index contributed by atoms with van der Waals surface area (Å²) >= 11 is 0. The summed E-state index contributed by atoms with van der Waals surface area (Å²) < 4.78 is 11.9. The summed E-state index contributed by atoms with van der Waals surface area (Å²) in [5.41, 5.74) is 0.601. The highest BCUT2D eigenvalue weighted by Gasteiger charge is 2.61. The topological polar surface area (TPSA) is 38.7 Å². The lowest BCUT2D eigenvalue weighted by molar-refractivity contribution is -0.0879. The molecule has 0 saturated carbocycles. The van der Waals surface area contributed by atoms with E-state index in [4.69, 9.17) is 9.47 Å². The van der Waals surface area contributed by atoms with Crippen molar-refractivity contribution >= 4 is 0 Å². The van der Waals surface area contributed by atoms with Crippen LogP contribution in [0.5, 0.6) is 0 Å². The van der Waals surface area contributed by atoms with Crippen LogP contribution in [-0.2, 0) is 16.1 Å². The highest BCUT2D eigenvalue weighted by molar-refractivity contribution is 5.14. The third kappa shape index (κ3) is 2.31. The fraction of sp³-hybridized carbons (Fsp3) is 0.625. The number of fused-ring (bicyclic) bond motifs is 2. The van der Waals surface area contributed by atoms with Crippen LogP contribution in [0.15, 0.2) is 30.3 Å². The van der Waals surface area contributed by atoms with E-state index in [0.29, 0.717) is 13.2 Å². The van der Waals surface area contributed by atoms with Crippen LogP contribution in [0, 0.1) is 5.92 Å². The summed E-state index contributed by atoms with van der Waals surface area (Å²) in [6.07, 6.45) is 1.37. The second-order valence-electron chi connectivity index (χ2n) is 6.36. The number of benzene rings is 1. The Morgan fingerprint density at radius 1 is 1.26 bits per heavy atom. The zero-order chi connectivity index (χ0) is 13.5. The summed E-state index contributed by atoms with van der Waals surface area (Å²) in [6, 6.07) is 10.2. The zero-order valence-electron chi connectivity index (χ0n) is 11.6. The van der Waals surface area contributed by atoms with Crippen LogP contribution in [0.2, 0.25) is 0 Å². The van der Waals surface area contributed by atoms with E-state index in [1.807, 2.05) is 25.1 Å². The maximum absolute atomic E-state index is 10.2. The average molecular weight is 262 g/mol. The first kappa shape index (κ1) is 13.1. The molecule has 2 heterocycles. The Morgan fingerprint density at radius 3 is 2.63 bits per heavy atom. The number of aliphatic hydroxyl groups excluding tert-OH is 1. The molecule has 2 aliphatic rings. The van der Waals surface area contributed by atoms with Crippen molar-refractivity contribution in [1.82, 2.24) is 0 Å². The van der Waals surface area contributed by atoms with Gasteiger partial charge in [0.05, 0.1) is 30.5 Å². The van der Waals surface area contributed by atoms with Gasteiger partial charge in [0.25, 0.3) is 0 Å². The number of aliphatic hydroxyl groups is 1. The van der Waals surface area contributed by atoms with Gasteiger partial charge in [0.15, 0.2) is 0 Å². The maximum atomic E-state index is 10.2. The minimum atomic E-state index is -0.425. The van der Waals surface area contributed by atoms with Crippen molar-refractivity contribution in [2.24, 2.45) is 5.92 Å². The molecule has 3 heteroatoms. The van der Waals surface area contributed by atoms with E-state index < -0.39 is 5.60 Å². The lowest BCUT2D eigenvalue weighted by Crippen LogP contribution is -2.44. The van der Waals surface area contributed by atoms with Crippen LogP contribution in [0.3, 0.4) is 0 Å². The lowest BCUT2D eigenvalue weighted by atomic mass is 9.74. The summed E-state index contributed by atoms with van der Waals surface area (Å²) in [4.78, 5) is 0. The summed E-state index contributed by atoms with van der Waals surface area (Å²) in [5, 5.41) is 10.2. The van der Waals surface area contributed by atoms with Gasteiger partial charge in [-0.3, -0.25) is 0 Å². The van der Waals surface area contributed by atoms with E-state index in [1.165, 1.54) is 5.56 Å². The minimum Gasteiger partial charge on any atom is -0.390 e.